The molecular formula is C34H45BN5O6+. The van der Waals surface area contributed by atoms with Gasteiger partial charge < -0.3 is 34.4 Å². The number of carbonyl (C=O) groups excluding carboxylic acids is 3. The molecular weight excluding hydrogens is 585 g/mol. The Morgan fingerprint density at radius 3 is 2.46 bits per heavy atom. The molecule has 1 unspecified atom stereocenters. The highest BCUT2D eigenvalue weighted by atomic mass is 16.5. The topological polar surface area (TPSA) is 132 Å². The number of aromatic nitrogens is 1. The molecule has 0 saturated carbocycles. The Bertz CT molecular complexity index is 1570. The number of nitrogens with one attached hydrogen (secondary N) is 1. The quantitative estimate of drug-likeness (QED) is 0.176. The first kappa shape index (κ1) is 33.4. The Balaban J connectivity index is 1.10. The summed E-state index contributed by atoms with van der Waals surface area (Å²) in [4.78, 5) is 47.1. The van der Waals surface area contributed by atoms with Gasteiger partial charge in [0, 0.05) is 36.2 Å². The fourth-order valence-corrected chi connectivity index (χ4v) is 6.68. The predicted octanol–water partition coefficient (Wildman–Crippen LogP) is 1.66. The van der Waals surface area contributed by atoms with Crippen LogP contribution in [0, 0.1) is 5.41 Å². The van der Waals surface area contributed by atoms with Gasteiger partial charge in [-0.1, -0.05) is 26.0 Å². The van der Waals surface area contributed by atoms with Crippen molar-refractivity contribution in [2.24, 2.45) is 5.41 Å². The highest BCUT2D eigenvalue weighted by molar-refractivity contribution is 6.58. The number of fused-ring (bicyclic) bond motifs is 1. The first-order valence-electron chi connectivity index (χ1n) is 16.0. The van der Waals surface area contributed by atoms with Crippen LogP contribution in [0.2, 0.25) is 0 Å². The molecule has 244 valence electrons. The second-order valence-electron chi connectivity index (χ2n) is 13.7. The van der Waals surface area contributed by atoms with E-state index in [9.17, 15) is 24.4 Å². The summed E-state index contributed by atoms with van der Waals surface area (Å²) in [7, 11) is 0.644. The van der Waals surface area contributed by atoms with Crippen molar-refractivity contribution < 1.29 is 33.7 Å². The molecule has 2 saturated heterocycles. The van der Waals surface area contributed by atoms with E-state index in [1.165, 1.54) is 0 Å². The second kappa shape index (κ2) is 13.8. The molecule has 0 bridgehead atoms. The Hall–Kier alpha value is -4.00. The Kier molecular flexibility index (Phi) is 10.00. The molecule has 2 fully saturated rings. The van der Waals surface area contributed by atoms with Gasteiger partial charge in [-0.3, -0.25) is 19.4 Å². The molecule has 1 atom stereocenters. The van der Waals surface area contributed by atoms with Crippen LogP contribution in [0.25, 0.3) is 10.9 Å². The molecule has 0 aliphatic carbocycles. The number of piperazine rings is 1. The first-order chi connectivity index (χ1) is 21.8. The molecule has 3 heterocycles. The number of hydrogen-bond acceptors (Lipinski definition) is 7. The Morgan fingerprint density at radius 1 is 1.09 bits per heavy atom. The van der Waals surface area contributed by atoms with Gasteiger partial charge in [-0.2, -0.15) is 0 Å². The highest BCUT2D eigenvalue weighted by Gasteiger charge is 2.37. The molecule has 3 N–H and O–H groups in total. The van der Waals surface area contributed by atoms with E-state index < -0.39 is 7.12 Å². The zero-order chi connectivity index (χ0) is 33.1. The van der Waals surface area contributed by atoms with Gasteiger partial charge in [0.1, 0.15) is 5.75 Å². The van der Waals surface area contributed by atoms with Gasteiger partial charge >= 0.3 is 7.12 Å². The van der Waals surface area contributed by atoms with Crippen LogP contribution in [-0.2, 0) is 4.79 Å². The van der Waals surface area contributed by atoms with Gasteiger partial charge in [-0.15, -0.1) is 0 Å². The van der Waals surface area contributed by atoms with Gasteiger partial charge in [0.05, 0.1) is 64.0 Å². The summed E-state index contributed by atoms with van der Waals surface area (Å²) in [5, 5.41) is 22.1. The molecule has 2 aromatic carbocycles. The van der Waals surface area contributed by atoms with Crippen LogP contribution in [0.5, 0.6) is 5.75 Å². The average Bonchev–Trinajstić information content (AvgIpc) is 3.33. The molecule has 2 aliphatic heterocycles. The van der Waals surface area contributed by atoms with E-state index in [1.807, 2.05) is 34.9 Å². The number of quaternary nitrogens is 1. The lowest BCUT2D eigenvalue weighted by atomic mass is 9.80. The third-order valence-electron chi connectivity index (χ3n) is 9.33. The lowest BCUT2D eigenvalue weighted by molar-refractivity contribution is -0.913. The van der Waals surface area contributed by atoms with Gasteiger partial charge in [-0.25, -0.2) is 0 Å². The van der Waals surface area contributed by atoms with E-state index in [0.29, 0.717) is 59.5 Å². The van der Waals surface area contributed by atoms with Crippen LogP contribution in [0.3, 0.4) is 0 Å². The molecule has 2 aliphatic rings. The molecule has 46 heavy (non-hydrogen) atoms. The van der Waals surface area contributed by atoms with E-state index in [0.717, 1.165) is 37.0 Å². The Labute approximate surface area is 270 Å². The third-order valence-corrected chi connectivity index (χ3v) is 9.33. The van der Waals surface area contributed by atoms with Crippen LogP contribution in [0.15, 0.2) is 54.7 Å². The van der Waals surface area contributed by atoms with Crippen molar-refractivity contribution in [3.8, 4) is 5.75 Å². The minimum atomic E-state index is -1.55. The van der Waals surface area contributed by atoms with Crippen LogP contribution in [-0.4, -0.2) is 120 Å². The van der Waals surface area contributed by atoms with E-state index >= 15 is 0 Å². The van der Waals surface area contributed by atoms with Crippen molar-refractivity contribution in [3.63, 3.8) is 0 Å². The number of ether oxygens (including phenoxy) is 1. The van der Waals surface area contributed by atoms with Gasteiger partial charge in [-0.05, 0) is 60.6 Å². The molecule has 11 nitrogen and oxygen atoms in total. The zero-order valence-electron chi connectivity index (χ0n) is 27.2. The minimum Gasteiger partial charge on any atom is -0.493 e. The average molecular weight is 631 g/mol. The molecule has 0 radical (unpaired) electrons. The molecule has 5 rings (SSSR count). The zero-order valence-corrected chi connectivity index (χ0v) is 27.2. The summed E-state index contributed by atoms with van der Waals surface area (Å²) in [6, 6.07) is 13.7. The summed E-state index contributed by atoms with van der Waals surface area (Å²) in [6.07, 6.45) is 3.36. The number of nitrogens with zero attached hydrogens (tertiary/aromatic N) is 4. The van der Waals surface area contributed by atoms with Crippen molar-refractivity contribution in [2.45, 2.75) is 39.7 Å². The van der Waals surface area contributed by atoms with E-state index in [-0.39, 0.29) is 35.7 Å². The smallest absolute Gasteiger partial charge is 0.488 e. The summed E-state index contributed by atoms with van der Waals surface area (Å²) in [5.74, 6) is 0.203. The summed E-state index contributed by atoms with van der Waals surface area (Å²) < 4.78 is 6.93. The van der Waals surface area contributed by atoms with Gasteiger partial charge in [0.2, 0.25) is 5.91 Å². The van der Waals surface area contributed by atoms with Crippen molar-refractivity contribution in [3.05, 3.63) is 65.9 Å². The number of amides is 3. The predicted molar refractivity (Wildman–Crippen MR) is 177 cm³/mol. The fraction of sp³-hybridized carbons (Fsp3) is 0.471. The molecule has 12 heteroatoms. The first-order valence-corrected chi connectivity index (χ1v) is 16.0. The summed E-state index contributed by atoms with van der Waals surface area (Å²) in [5.41, 5.74) is 2.09. The van der Waals surface area contributed by atoms with Crippen LogP contribution in [0.4, 0.5) is 0 Å². The van der Waals surface area contributed by atoms with Crippen LogP contribution < -0.4 is 15.5 Å². The van der Waals surface area contributed by atoms with Crippen LogP contribution in [0.1, 0.15) is 54.3 Å². The molecule has 1 aromatic heterocycles. The van der Waals surface area contributed by atoms with Gasteiger partial charge in [0.15, 0.2) is 0 Å². The SMILES string of the molecule is CC1CC(C)(C)CN1C(=O)CNC(=O)c1ccnc2ccc(OCCC[N+]3(C)CCN(C(=O)c4ccc(B(O)O)cc4)CC3)cc12. The fourth-order valence-electron chi connectivity index (χ4n) is 6.68. The van der Waals surface area contributed by atoms with E-state index in [4.69, 9.17) is 4.74 Å². The van der Waals surface area contributed by atoms with Crippen molar-refractivity contribution >= 4 is 41.2 Å². The maximum absolute atomic E-state index is 13.2. The minimum absolute atomic E-state index is 0.0507. The molecule has 3 aromatic rings. The summed E-state index contributed by atoms with van der Waals surface area (Å²) in [6.45, 7) is 11.3. The van der Waals surface area contributed by atoms with Crippen LogP contribution >= 0.6 is 0 Å². The van der Waals surface area contributed by atoms with Crippen molar-refractivity contribution in [1.29, 1.82) is 0 Å². The third kappa shape index (κ3) is 7.86. The maximum atomic E-state index is 13.2. The normalized spacial score (nSPS) is 18.8. The lowest BCUT2D eigenvalue weighted by Crippen LogP contribution is -2.58. The standard InChI is InChI=1S/C34H44BN5O6/c1-24-21-34(2,3)23-39(24)31(41)22-37-32(42)28-12-13-36-30-11-10-27(20-29(28)30)46-19-5-16-40(4)17-14-38(15-18-40)33(43)25-6-8-26(9-7-25)35(44)45/h6-13,20,24,44-45H,5,14-19,21-23H2,1-4H3/p+1. The van der Waals surface area contributed by atoms with Crippen molar-refractivity contribution in [1.82, 2.24) is 20.1 Å². The maximum Gasteiger partial charge on any atom is 0.488 e. The second-order valence-corrected chi connectivity index (χ2v) is 13.7. The molecule has 3 amide bonds. The Morgan fingerprint density at radius 2 is 1.80 bits per heavy atom. The van der Waals surface area contributed by atoms with E-state index in [1.54, 1.807) is 36.5 Å². The number of carbonyl (C=O) groups is 3. The number of benzene rings is 2. The molecule has 0 spiro atoms. The number of likely N-dealkylation sites (tertiary alicyclic amines) is 1. The van der Waals surface area contributed by atoms with E-state index in [2.05, 4.69) is 31.2 Å². The summed E-state index contributed by atoms with van der Waals surface area (Å²) >= 11 is 0. The monoisotopic (exact) mass is 630 g/mol. The largest absolute Gasteiger partial charge is 0.493 e. The van der Waals surface area contributed by atoms with Crippen molar-refractivity contribution in [2.75, 3.05) is 59.5 Å². The number of hydrogen-bond donors (Lipinski definition) is 3. The highest BCUT2D eigenvalue weighted by Crippen LogP contribution is 2.33. The number of rotatable bonds is 10. The van der Waals surface area contributed by atoms with Gasteiger partial charge in [0.25, 0.3) is 11.8 Å². The lowest BCUT2D eigenvalue weighted by Gasteiger charge is -2.42. The number of likely N-dealkylation sites (N-methyl/N-ethyl adjacent to an activating group) is 1. The number of pyridine rings is 1.